The SMILES string of the molecule is [2H]C([2H])([2H])n1c(CCl)nc2c(N3C[C@@H](C)N(C(=O)OC(C)(C)C)C[C@@H]3C)nc(=O)n(C)c21. The molecule has 3 heterocycles. The molecule has 1 aliphatic rings. The molecule has 1 amide bonds. The van der Waals surface area contributed by atoms with Crippen molar-refractivity contribution in [2.24, 2.45) is 14.0 Å². The third-order valence-electron chi connectivity index (χ3n) is 4.95. The summed E-state index contributed by atoms with van der Waals surface area (Å²) in [6, 6.07) is -0.460. The number of hydrogen-bond acceptors (Lipinski definition) is 6. The lowest BCUT2D eigenvalue weighted by Gasteiger charge is -2.44. The molecule has 2 aromatic rings. The van der Waals surface area contributed by atoms with Crippen LogP contribution in [0, 0.1) is 0 Å². The molecular formula is C19H29ClN6O3. The Hall–Kier alpha value is -2.29. The van der Waals surface area contributed by atoms with E-state index >= 15 is 0 Å². The van der Waals surface area contributed by atoms with Crippen LogP contribution in [0.4, 0.5) is 10.6 Å². The number of alkyl halides is 1. The number of hydrogen-bond donors (Lipinski definition) is 0. The maximum absolute atomic E-state index is 12.7. The molecule has 9 nitrogen and oxygen atoms in total. The van der Waals surface area contributed by atoms with Gasteiger partial charge in [-0.3, -0.25) is 4.57 Å². The minimum atomic E-state index is -2.57. The second kappa shape index (κ2) is 7.51. The monoisotopic (exact) mass is 427 g/mol. The second-order valence-electron chi connectivity index (χ2n) is 8.43. The average Bonchev–Trinajstić information content (AvgIpc) is 3.05. The molecule has 0 aromatic carbocycles. The fourth-order valence-electron chi connectivity index (χ4n) is 3.51. The highest BCUT2D eigenvalue weighted by molar-refractivity contribution is 6.16. The predicted octanol–water partition coefficient (Wildman–Crippen LogP) is 2.24. The zero-order valence-corrected chi connectivity index (χ0v) is 18.3. The molecule has 0 unspecified atom stereocenters. The number of aryl methyl sites for hydroxylation is 2. The number of aromatic nitrogens is 4. The molecule has 0 bridgehead atoms. The van der Waals surface area contributed by atoms with Crippen molar-refractivity contribution in [2.75, 3.05) is 18.0 Å². The van der Waals surface area contributed by atoms with E-state index in [4.69, 9.17) is 20.5 Å². The molecule has 1 aliphatic heterocycles. The lowest BCUT2D eigenvalue weighted by Crippen LogP contribution is -2.59. The Morgan fingerprint density at radius 1 is 1.24 bits per heavy atom. The number of fused-ring (bicyclic) bond motifs is 1. The molecule has 1 fully saturated rings. The van der Waals surface area contributed by atoms with Crippen molar-refractivity contribution >= 4 is 34.7 Å². The van der Waals surface area contributed by atoms with Gasteiger partial charge < -0.3 is 19.1 Å². The van der Waals surface area contributed by atoms with Crippen LogP contribution < -0.4 is 10.6 Å². The normalized spacial score (nSPS) is 22.4. The van der Waals surface area contributed by atoms with Crippen molar-refractivity contribution in [1.82, 2.24) is 24.0 Å². The first-order chi connectivity index (χ1) is 14.7. The first kappa shape index (κ1) is 17.6. The van der Waals surface area contributed by atoms with E-state index in [9.17, 15) is 9.59 Å². The summed E-state index contributed by atoms with van der Waals surface area (Å²) in [5, 5.41) is 0. The van der Waals surface area contributed by atoms with E-state index in [2.05, 4.69) is 9.97 Å². The zero-order valence-electron chi connectivity index (χ0n) is 20.6. The number of piperazine rings is 1. The van der Waals surface area contributed by atoms with E-state index in [-0.39, 0.29) is 40.8 Å². The molecule has 160 valence electrons. The fourth-order valence-corrected chi connectivity index (χ4v) is 3.69. The van der Waals surface area contributed by atoms with Crippen LogP contribution in [0.25, 0.3) is 11.2 Å². The van der Waals surface area contributed by atoms with Gasteiger partial charge in [0.25, 0.3) is 0 Å². The van der Waals surface area contributed by atoms with Crippen LogP contribution in [0.2, 0.25) is 0 Å². The van der Waals surface area contributed by atoms with Gasteiger partial charge in [-0.15, -0.1) is 11.6 Å². The topological polar surface area (TPSA) is 85.5 Å². The summed E-state index contributed by atoms with van der Waals surface area (Å²) >= 11 is 5.99. The Balaban J connectivity index is 2.08. The maximum atomic E-state index is 12.7. The number of carbonyl (C=O) groups is 1. The van der Waals surface area contributed by atoms with E-state index in [0.717, 1.165) is 4.57 Å². The molecule has 0 saturated carbocycles. The number of ether oxygens (including phenoxy) is 1. The third kappa shape index (κ3) is 3.92. The summed E-state index contributed by atoms with van der Waals surface area (Å²) in [6.45, 7) is 7.35. The van der Waals surface area contributed by atoms with Crippen LogP contribution in [0.15, 0.2) is 4.79 Å². The van der Waals surface area contributed by atoms with Gasteiger partial charge in [0.1, 0.15) is 22.6 Å². The van der Waals surface area contributed by atoms with E-state index in [0.29, 0.717) is 13.1 Å². The maximum Gasteiger partial charge on any atom is 0.410 e. The van der Waals surface area contributed by atoms with Gasteiger partial charge in [0.15, 0.2) is 5.82 Å². The largest absolute Gasteiger partial charge is 0.444 e. The Labute approximate surface area is 179 Å². The smallest absolute Gasteiger partial charge is 0.410 e. The van der Waals surface area contributed by atoms with E-state index in [1.165, 1.54) is 11.6 Å². The molecule has 1 saturated heterocycles. The molecule has 29 heavy (non-hydrogen) atoms. The van der Waals surface area contributed by atoms with E-state index < -0.39 is 24.4 Å². The lowest BCUT2D eigenvalue weighted by atomic mass is 10.1. The average molecular weight is 428 g/mol. The number of nitrogens with zero attached hydrogens (tertiary/aromatic N) is 6. The van der Waals surface area contributed by atoms with E-state index in [1.54, 1.807) is 4.90 Å². The van der Waals surface area contributed by atoms with Gasteiger partial charge in [0.05, 0.1) is 5.88 Å². The van der Waals surface area contributed by atoms with Crippen molar-refractivity contribution in [1.29, 1.82) is 0 Å². The Morgan fingerprint density at radius 3 is 2.52 bits per heavy atom. The molecule has 10 heteroatoms. The number of carbonyl (C=O) groups excluding carboxylic acids is 1. The van der Waals surface area contributed by atoms with Crippen molar-refractivity contribution in [2.45, 2.75) is 58.2 Å². The van der Waals surface area contributed by atoms with Crippen LogP contribution >= 0.6 is 11.6 Å². The highest BCUT2D eigenvalue weighted by Gasteiger charge is 2.36. The molecule has 0 N–H and O–H groups in total. The molecular weight excluding hydrogens is 396 g/mol. The van der Waals surface area contributed by atoms with Crippen molar-refractivity contribution in [3.8, 4) is 0 Å². The second-order valence-corrected chi connectivity index (χ2v) is 8.70. The summed E-state index contributed by atoms with van der Waals surface area (Å²) in [7, 11) is 1.45. The summed E-state index contributed by atoms with van der Waals surface area (Å²) in [5.74, 6) is 0.263. The summed E-state index contributed by atoms with van der Waals surface area (Å²) < 4.78 is 31.4. The summed E-state index contributed by atoms with van der Waals surface area (Å²) in [4.78, 5) is 37.5. The van der Waals surface area contributed by atoms with E-state index in [1.807, 2.05) is 39.5 Å². The highest BCUT2D eigenvalue weighted by Crippen LogP contribution is 2.28. The first-order valence-corrected chi connectivity index (χ1v) is 10.00. The number of amides is 1. The number of rotatable bonds is 2. The molecule has 2 atom stereocenters. The molecule has 0 spiro atoms. The van der Waals surface area contributed by atoms with Gasteiger partial charge in [-0.1, -0.05) is 0 Å². The Morgan fingerprint density at radius 2 is 1.93 bits per heavy atom. The molecule has 0 aliphatic carbocycles. The number of anilines is 1. The molecule has 2 aromatic heterocycles. The quantitative estimate of drug-likeness (QED) is 0.683. The summed E-state index contributed by atoms with van der Waals surface area (Å²) in [6.07, 6.45) is -0.408. The minimum absolute atomic E-state index is 0.124. The van der Waals surface area contributed by atoms with Crippen LogP contribution in [-0.2, 0) is 24.6 Å². The number of imidazole rings is 1. The van der Waals surface area contributed by atoms with Gasteiger partial charge in [-0.05, 0) is 34.6 Å². The third-order valence-corrected chi connectivity index (χ3v) is 5.19. The van der Waals surface area contributed by atoms with Gasteiger partial charge in [-0.2, -0.15) is 4.98 Å². The fraction of sp³-hybridized carbons (Fsp3) is 0.684. The van der Waals surface area contributed by atoms with Crippen LogP contribution in [0.1, 0.15) is 44.6 Å². The van der Waals surface area contributed by atoms with Gasteiger partial charge in [0.2, 0.25) is 0 Å². The van der Waals surface area contributed by atoms with Crippen LogP contribution in [0.3, 0.4) is 0 Å². The van der Waals surface area contributed by atoms with Gasteiger partial charge >= 0.3 is 11.8 Å². The predicted molar refractivity (Wildman–Crippen MR) is 113 cm³/mol. The lowest BCUT2D eigenvalue weighted by molar-refractivity contribution is 0.0130. The first-order valence-electron chi connectivity index (χ1n) is 11.0. The van der Waals surface area contributed by atoms with Gasteiger partial charge in [0, 0.05) is 43.3 Å². The minimum Gasteiger partial charge on any atom is -0.444 e. The Kier molecular flexibility index (Phi) is 4.55. The van der Waals surface area contributed by atoms with Crippen LogP contribution in [-0.4, -0.2) is 60.9 Å². The Bertz CT molecular complexity index is 1090. The van der Waals surface area contributed by atoms with Crippen molar-refractivity contribution in [3.05, 3.63) is 16.3 Å². The standard InChI is InChI=1S/C19H29ClN6O3/c1-11-10-26(18(28)29-19(3,4)5)12(2)9-25(11)15-14-16(24(7)17(27)22-15)23(6)13(8-20)21-14/h11-12H,8-10H2,1-7H3/t11-,12+/m0/s1/i6D3. The van der Waals surface area contributed by atoms with Gasteiger partial charge in [-0.25, -0.2) is 14.6 Å². The highest BCUT2D eigenvalue weighted by atomic mass is 35.5. The van der Waals surface area contributed by atoms with Crippen molar-refractivity contribution < 1.29 is 13.6 Å². The van der Waals surface area contributed by atoms with Crippen LogP contribution in [0.5, 0.6) is 0 Å². The van der Waals surface area contributed by atoms with Crippen molar-refractivity contribution in [3.63, 3.8) is 0 Å². The molecule has 3 rings (SSSR count). The summed E-state index contributed by atoms with van der Waals surface area (Å²) in [5.41, 5.74) is -0.807. The zero-order chi connectivity index (χ0) is 24.2. The number of halogens is 1. The molecule has 0 radical (unpaired) electrons.